The minimum atomic E-state index is -3.68. The molecule has 0 bridgehead atoms. The Labute approximate surface area is 301 Å². The number of nitrogens with zero attached hydrogens (tertiary/aromatic N) is 3. The molecule has 0 aliphatic carbocycles. The van der Waals surface area contributed by atoms with Crippen molar-refractivity contribution in [1.82, 2.24) is 14.5 Å². The van der Waals surface area contributed by atoms with Gasteiger partial charge < -0.3 is 0 Å². The van der Waals surface area contributed by atoms with Gasteiger partial charge in [-0.25, -0.2) is 0 Å². The number of hydrogen-bond donors (Lipinski definition) is 0. The van der Waals surface area contributed by atoms with Gasteiger partial charge in [-0.3, -0.25) is 0 Å². The summed E-state index contributed by atoms with van der Waals surface area (Å²) in [5.74, 6) is 1.70. The molecular weight excluding hydrogens is 699 g/mol. The molecule has 0 unspecified atom stereocenters. The average molecular weight is 728 g/mol. The predicted octanol–water partition coefficient (Wildman–Crippen LogP) is 8.97. The van der Waals surface area contributed by atoms with Crippen LogP contribution >= 0.6 is 11.3 Å². The van der Waals surface area contributed by atoms with Crippen molar-refractivity contribution < 1.29 is 0 Å². The first-order valence-electron chi connectivity index (χ1n) is 17.3. The summed E-state index contributed by atoms with van der Waals surface area (Å²) in [4.78, 5) is 11.3. The van der Waals surface area contributed by atoms with Crippen molar-refractivity contribution in [2.24, 2.45) is 0 Å². The van der Waals surface area contributed by atoms with Crippen LogP contribution in [-0.2, 0) is 0 Å². The van der Waals surface area contributed by atoms with E-state index < -0.39 is 13.3 Å². The second kappa shape index (κ2) is 11.1. The van der Waals surface area contributed by atoms with Gasteiger partial charge in [-0.05, 0) is 0 Å². The van der Waals surface area contributed by atoms with Crippen LogP contribution in [0.2, 0.25) is 0 Å². The summed E-state index contributed by atoms with van der Waals surface area (Å²) in [6.07, 6.45) is 0. The summed E-state index contributed by atoms with van der Waals surface area (Å²) in [7, 11) is 0. The van der Waals surface area contributed by atoms with Crippen LogP contribution in [-0.4, -0.2) is 27.8 Å². The molecule has 0 radical (unpaired) electrons. The molecule has 0 saturated carbocycles. The maximum atomic E-state index is 5.72. The Morgan fingerprint density at radius 1 is 0.471 bits per heavy atom. The molecule has 10 aromatic rings. The number of hydrogen-bond acceptors (Lipinski definition) is 3. The molecule has 7 aromatic carbocycles. The number of thiophene rings is 1. The van der Waals surface area contributed by atoms with E-state index in [0.29, 0.717) is 0 Å². The Bertz CT molecular complexity index is 2930. The minimum absolute atomic E-state index is 0.756. The van der Waals surface area contributed by atoms with E-state index in [2.05, 4.69) is 180 Å². The molecule has 1 aliphatic rings. The third-order valence-electron chi connectivity index (χ3n) is 10.7. The molecule has 0 fully saturated rings. The van der Waals surface area contributed by atoms with Gasteiger partial charge in [0, 0.05) is 0 Å². The number of aromatic nitrogens is 3. The average Bonchev–Trinajstić information content (AvgIpc) is 3.85. The summed E-state index contributed by atoms with van der Waals surface area (Å²) in [5.41, 5.74) is 5.71. The fourth-order valence-electron chi connectivity index (χ4n) is 8.63. The number of benzene rings is 7. The van der Waals surface area contributed by atoms with Crippen LogP contribution in [0.15, 0.2) is 176 Å². The fourth-order valence-corrected chi connectivity index (χ4v) is 20.2. The van der Waals surface area contributed by atoms with Crippen LogP contribution in [0.25, 0.3) is 70.3 Å². The topological polar surface area (TPSA) is 30.7 Å². The first-order chi connectivity index (χ1) is 25.3. The van der Waals surface area contributed by atoms with Crippen LogP contribution in [0.5, 0.6) is 0 Å². The third kappa shape index (κ3) is 4.00. The van der Waals surface area contributed by atoms with Gasteiger partial charge in [-0.2, -0.15) is 0 Å². The molecule has 0 amide bonds. The van der Waals surface area contributed by atoms with E-state index in [0.717, 1.165) is 33.8 Å². The van der Waals surface area contributed by atoms with Crippen molar-refractivity contribution in [2.75, 3.05) is 0 Å². The summed E-state index contributed by atoms with van der Waals surface area (Å²) in [6.45, 7) is 0. The first-order valence-corrected chi connectivity index (χ1v) is 22.4. The van der Waals surface area contributed by atoms with Crippen molar-refractivity contribution >= 4 is 84.3 Å². The van der Waals surface area contributed by atoms with Crippen molar-refractivity contribution in [3.63, 3.8) is 0 Å². The van der Waals surface area contributed by atoms with E-state index in [1.165, 1.54) is 54.2 Å². The monoisotopic (exact) mass is 729 g/mol. The molecule has 238 valence electrons. The van der Waals surface area contributed by atoms with E-state index in [-0.39, 0.29) is 0 Å². The van der Waals surface area contributed by atoms with Gasteiger partial charge in [-0.15, -0.1) is 0 Å². The van der Waals surface area contributed by atoms with E-state index in [1.54, 1.807) is 0 Å². The standard InChI is InChI=1S/C46H29GeN3S/c1-4-16-30(17-5-1)45-48-44-43(33-22-10-13-25-36(33)47(44,31-18-6-2-7-19-31)32-20-8-3-9-21-32)46(49-45)50-37-26-14-11-23-34(37)41-38(50)28-29-40-42(41)35-24-12-15-27-39(35)51-40/h1-29H. The zero-order chi connectivity index (χ0) is 33.5. The van der Waals surface area contributed by atoms with Crippen LogP contribution < -0.4 is 17.7 Å². The Hall–Kier alpha value is -5.82. The van der Waals surface area contributed by atoms with Crippen molar-refractivity contribution in [1.29, 1.82) is 0 Å². The van der Waals surface area contributed by atoms with Crippen molar-refractivity contribution in [3.05, 3.63) is 176 Å². The van der Waals surface area contributed by atoms with Crippen LogP contribution in [0.3, 0.4) is 0 Å². The number of rotatable bonds is 4. The van der Waals surface area contributed by atoms with Gasteiger partial charge in [0.05, 0.1) is 0 Å². The molecule has 3 aromatic heterocycles. The Morgan fingerprint density at radius 3 is 1.86 bits per heavy atom. The summed E-state index contributed by atoms with van der Waals surface area (Å²) >= 11 is -1.82. The molecule has 1 aliphatic heterocycles. The van der Waals surface area contributed by atoms with Gasteiger partial charge in [0.2, 0.25) is 0 Å². The van der Waals surface area contributed by atoms with Crippen molar-refractivity contribution in [2.45, 2.75) is 0 Å². The van der Waals surface area contributed by atoms with E-state index in [9.17, 15) is 0 Å². The Morgan fingerprint density at radius 2 is 1.10 bits per heavy atom. The number of para-hydroxylation sites is 1. The molecule has 0 atom stereocenters. The number of fused-ring (bicyclic) bond motifs is 10. The van der Waals surface area contributed by atoms with Gasteiger partial charge >= 0.3 is 303 Å². The van der Waals surface area contributed by atoms with Crippen LogP contribution in [0.4, 0.5) is 0 Å². The molecule has 3 nitrogen and oxygen atoms in total. The SMILES string of the molecule is c1ccc(-c2nc(-n3c4ccccc4c4c5c(ccc43)sc3ccccc35)c3[c](n2)[Ge]([c]2ccccc2)([c]2ccccc2)[c]2ccccc2-3)cc1. The van der Waals surface area contributed by atoms with Crippen LogP contribution in [0.1, 0.15) is 0 Å². The third-order valence-corrected chi connectivity index (χ3v) is 21.7. The zero-order valence-corrected chi connectivity index (χ0v) is 30.4. The second-order valence-electron chi connectivity index (χ2n) is 13.3. The van der Waals surface area contributed by atoms with E-state index in [1.807, 2.05) is 11.3 Å². The maximum absolute atomic E-state index is 5.72. The normalized spacial score (nSPS) is 13.3. The predicted molar refractivity (Wildman–Crippen MR) is 217 cm³/mol. The molecular formula is C46H29GeN3S. The second-order valence-corrected chi connectivity index (χ2v) is 22.0. The van der Waals surface area contributed by atoms with Gasteiger partial charge in [0.1, 0.15) is 0 Å². The molecule has 11 rings (SSSR count). The summed E-state index contributed by atoms with van der Waals surface area (Å²) < 4.78 is 10.4. The molecule has 4 heterocycles. The van der Waals surface area contributed by atoms with Crippen molar-refractivity contribution in [3.8, 4) is 28.3 Å². The summed E-state index contributed by atoms with van der Waals surface area (Å²) in [5, 5.41) is 5.13. The molecule has 51 heavy (non-hydrogen) atoms. The van der Waals surface area contributed by atoms with E-state index in [4.69, 9.17) is 9.97 Å². The zero-order valence-electron chi connectivity index (χ0n) is 27.5. The molecule has 5 heteroatoms. The summed E-state index contributed by atoms with van der Waals surface area (Å²) in [6, 6.07) is 64.2. The molecule has 0 spiro atoms. The Balaban J connectivity index is 1.36. The first kappa shape index (κ1) is 29.0. The quantitative estimate of drug-likeness (QED) is 0.170. The van der Waals surface area contributed by atoms with Gasteiger partial charge in [0.25, 0.3) is 0 Å². The van der Waals surface area contributed by atoms with Crippen LogP contribution in [0, 0.1) is 0 Å². The molecule has 0 N–H and O–H groups in total. The fraction of sp³-hybridized carbons (Fsp3) is 0. The molecule has 0 saturated heterocycles. The van der Waals surface area contributed by atoms with E-state index >= 15 is 0 Å². The Kier molecular flexibility index (Phi) is 6.30. The van der Waals surface area contributed by atoms with Gasteiger partial charge in [-0.1, -0.05) is 0 Å². The van der Waals surface area contributed by atoms with Gasteiger partial charge in [0.15, 0.2) is 0 Å².